The molecule has 0 atom stereocenters. The fourth-order valence-electron chi connectivity index (χ4n) is 3.57. The van der Waals surface area contributed by atoms with E-state index < -0.39 is 0 Å². The van der Waals surface area contributed by atoms with E-state index in [1.807, 2.05) is 38.1 Å². The fraction of sp³-hybridized carbons (Fsp3) is 0.300. The van der Waals surface area contributed by atoms with Crippen LogP contribution in [-0.4, -0.2) is 37.4 Å². The van der Waals surface area contributed by atoms with E-state index in [9.17, 15) is 14.4 Å². The third-order valence-electron chi connectivity index (χ3n) is 4.73. The summed E-state index contributed by atoms with van der Waals surface area (Å²) in [5.74, 6) is -0.149. The highest BCUT2D eigenvalue weighted by molar-refractivity contribution is 6.30. The minimum Gasteiger partial charge on any atom is -0.299 e. The summed E-state index contributed by atoms with van der Waals surface area (Å²) in [6.45, 7) is 4.82. The molecule has 3 heterocycles. The number of fused-ring (bicyclic) bond motifs is 2. The van der Waals surface area contributed by atoms with Crippen molar-refractivity contribution in [3.63, 3.8) is 0 Å². The van der Waals surface area contributed by atoms with Gasteiger partial charge in [-0.15, -0.1) is 0 Å². The average Bonchev–Trinajstić information content (AvgIpc) is 3.11. The number of rotatable bonds is 5. The third kappa shape index (κ3) is 2.58. The molecule has 2 amide bonds. The lowest BCUT2D eigenvalue weighted by atomic mass is 10.2. The number of carbonyl (C=O) groups is 2. The van der Waals surface area contributed by atoms with Crippen molar-refractivity contribution < 1.29 is 9.59 Å². The van der Waals surface area contributed by atoms with Crippen molar-refractivity contribution in [2.24, 2.45) is 0 Å². The van der Waals surface area contributed by atoms with E-state index in [4.69, 9.17) is 0 Å². The van der Waals surface area contributed by atoms with E-state index in [0.717, 1.165) is 6.42 Å². The summed E-state index contributed by atoms with van der Waals surface area (Å²) >= 11 is 0. The summed E-state index contributed by atoms with van der Waals surface area (Å²) in [5, 5.41) is 0. The number of aromatic nitrogens is 3. The zero-order valence-corrected chi connectivity index (χ0v) is 15.3. The van der Waals surface area contributed by atoms with Gasteiger partial charge in [0.2, 0.25) is 0 Å². The number of hydrogen-bond acceptors (Lipinski definition) is 4. The van der Waals surface area contributed by atoms with Crippen LogP contribution in [0.4, 0.5) is 0 Å². The molecule has 4 rings (SSSR count). The van der Waals surface area contributed by atoms with Gasteiger partial charge in [-0.1, -0.05) is 26.0 Å². The Morgan fingerprint density at radius 1 is 1.00 bits per heavy atom. The minimum atomic E-state index is -0.347. The van der Waals surface area contributed by atoms with Crippen molar-refractivity contribution in [3.8, 4) is 11.5 Å². The van der Waals surface area contributed by atoms with E-state index in [-0.39, 0.29) is 23.1 Å². The van der Waals surface area contributed by atoms with Gasteiger partial charge in [-0.05, 0) is 25.0 Å². The van der Waals surface area contributed by atoms with E-state index >= 15 is 0 Å². The van der Waals surface area contributed by atoms with Gasteiger partial charge in [0.25, 0.3) is 17.4 Å². The molecule has 0 unspecified atom stereocenters. The zero-order chi connectivity index (χ0) is 19.1. The van der Waals surface area contributed by atoms with Gasteiger partial charge in [-0.2, -0.15) is 0 Å². The van der Waals surface area contributed by atoms with Crippen LogP contribution < -0.4 is 5.56 Å². The standard InChI is InChI=1S/C20H20N4O3/c1-3-9-22-17(25)11-15-19(22)21-13-7-5-6-8-14(13)24(15)16-12-18(26)23(10-4-2)20(16)27/h5-8,11-12H,3-4,9-10H2,1-2H3. The Bertz CT molecular complexity index is 1120. The third-order valence-corrected chi connectivity index (χ3v) is 4.73. The fourth-order valence-corrected chi connectivity index (χ4v) is 3.57. The lowest BCUT2D eigenvalue weighted by Crippen LogP contribution is -2.32. The van der Waals surface area contributed by atoms with Crippen molar-refractivity contribution in [1.82, 2.24) is 19.0 Å². The first-order chi connectivity index (χ1) is 13.1. The molecule has 0 aliphatic carbocycles. The Balaban J connectivity index is 2.02. The number of benzene rings is 1. The maximum absolute atomic E-state index is 12.9. The molecule has 0 saturated heterocycles. The highest BCUT2D eigenvalue weighted by Crippen LogP contribution is 2.31. The van der Waals surface area contributed by atoms with Gasteiger partial charge >= 0.3 is 0 Å². The number of imide groups is 1. The van der Waals surface area contributed by atoms with Crippen LogP contribution in [0, 0.1) is 0 Å². The maximum atomic E-state index is 12.9. The van der Waals surface area contributed by atoms with Crippen molar-refractivity contribution in [2.45, 2.75) is 33.2 Å². The van der Waals surface area contributed by atoms with Crippen LogP contribution in [0.3, 0.4) is 0 Å². The molecule has 0 radical (unpaired) electrons. The molecule has 0 fully saturated rings. The Morgan fingerprint density at radius 2 is 1.74 bits per heavy atom. The molecule has 7 nitrogen and oxygen atoms in total. The van der Waals surface area contributed by atoms with Gasteiger partial charge in [0.05, 0.1) is 16.7 Å². The van der Waals surface area contributed by atoms with E-state index in [1.165, 1.54) is 17.0 Å². The molecule has 0 bridgehead atoms. The normalized spacial score (nSPS) is 14.6. The second-order valence-corrected chi connectivity index (χ2v) is 6.60. The van der Waals surface area contributed by atoms with E-state index in [2.05, 4.69) is 4.98 Å². The van der Waals surface area contributed by atoms with Gasteiger partial charge in [-0.3, -0.25) is 28.4 Å². The van der Waals surface area contributed by atoms with Gasteiger partial charge in [0, 0.05) is 25.2 Å². The molecule has 138 valence electrons. The summed E-state index contributed by atoms with van der Waals surface area (Å²) in [6, 6.07) is 8.87. The Hall–Kier alpha value is -3.22. The van der Waals surface area contributed by atoms with Crippen LogP contribution in [0.15, 0.2) is 41.2 Å². The SMILES string of the molecule is CCCN1C(=O)C=C(n2c3cc(=O)n(CCC)c-3nc3ccccc32)C1=O. The van der Waals surface area contributed by atoms with Crippen molar-refractivity contribution in [2.75, 3.05) is 6.54 Å². The summed E-state index contributed by atoms with van der Waals surface area (Å²) < 4.78 is 3.31. The monoisotopic (exact) mass is 364 g/mol. The highest BCUT2D eigenvalue weighted by atomic mass is 16.2. The second kappa shape index (κ2) is 6.50. The highest BCUT2D eigenvalue weighted by Gasteiger charge is 2.34. The molecule has 0 aromatic heterocycles. The summed E-state index contributed by atoms with van der Waals surface area (Å²) in [6.07, 6.45) is 2.83. The van der Waals surface area contributed by atoms with Gasteiger partial charge in [-0.25, -0.2) is 4.98 Å². The van der Waals surface area contributed by atoms with Gasteiger partial charge in [0.1, 0.15) is 5.70 Å². The lowest BCUT2D eigenvalue weighted by molar-refractivity contribution is -0.136. The van der Waals surface area contributed by atoms with E-state index in [1.54, 1.807) is 9.13 Å². The Morgan fingerprint density at radius 3 is 2.48 bits per heavy atom. The number of nitrogens with zero attached hydrogens (tertiary/aromatic N) is 4. The molecule has 27 heavy (non-hydrogen) atoms. The van der Waals surface area contributed by atoms with Crippen molar-refractivity contribution in [3.05, 3.63) is 46.8 Å². The Labute approximate surface area is 155 Å². The van der Waals surface area contributed by atoms with E-state index in [0.29, 0.717) is 42.1 Å². The smallest absolute Gasteiger partial charge is 0.277 e. The molecule has 1 aromatic carbocycles. The number of amides is 2. The average molecular weight is 364 g/mol. The molecule has 0 N–H and O–H groups in total. The zero-order valence-electron chi connectivity index (χ0n) is 15.3. The van der Waals surface area contributed by atoms with Crippen molar-refractivity contribution in [1.29, 1.82) is 0 Å². The maximum Gasteiger partial charge on any atom is 0.277 e. The lowest BCUT2D eigenvalue weighted by Gasteiger charge is -2.19. The van der Waals surface area contributed by atoms with Crippen molar-refractivity contribution >= 4 is 28.5 Å². The number of para-hydroxylation sites is 2. The first kappa shape index (κ1) is 17.2. The van der Waals surface area contributed by atoms with Gasteiger partial charge in [0.15, 0.2) is 5.82 Å². The summed E-state index contributed by atoms with van der Waals surface area (Å²) in [5.41, 5.74) is 1.98. The van der Waals surface area contributed by atoms with Gasteiger partial charge < -0.3 is 0 Å². The summed E-state index contributed by atoms with van der Waals surface area (Å²) in [7, 11) is 0. The van der Waals surface area contributed by atoms with Crippen LogP contribution in [0.1, 0.15) is 26.7 Å². The number of carbonyl (C=O) groups excluding carboxylic acids is 2. The number of hydrogen-bond donors (Lipinski definition) is 0. The molecule has 3 aliphatic rings. The molecule has 7 heteroatoms. The molecule has 1 aromatic rings. The van der Waals surface area contributed by atoms with Crippen LogP contribution in [-0.2, 0) is 16.1 Å². The molecular weight excluding hydrogens is 344 g/mol. The van der Waals surface area contributed by atoms with Crippen LogP contribution >= 0.6 is 0 Å². The molecular formula is C20H20N4O3. The molecule has 3 aliphatic heterocycles. The minimum absolute atomic E-state index is 0.161. The van der Waals surface area contributed by atoms with Crippen LogP contribution in [0.5, 0.6) is 0 Å². The predicted molar refractivity (Wildman–Crippen MR) is 102 cm³/mol. The first-order valence-electron chi connectivity index (χ1n) is 9.15. The Kier molecular flexibility index (Phi) is 4.14. The second-order valence-electron chi connectivity index (χ2n) is 6.60. The van der Waals surface area contributed by atoms with Crippen LogP contribution in [0.25, 0.3) is 28.2 Å². The summed E-state index contributed by atoms with van der Waals surface area (Å²) in [4.78, 5) is 43.7. The van der Waals surface area contributed by atoms with Crippen LogP contribution in [0.2, 0.25) is 0 Å². The topological polar surface area (TPSA) is 77.2 Å². The first-order valence-corrected chi connectivity index (χ1v) is 9.15. The predicted octanol–water partition coefficient (Wildman–Crippen LogP) is 2.33. The molecule has 0 spiro atoms. The molecule has 0 saturated carbocycles. The quantitative estimate of drug-likeness (QED) is 0.651. The largest absolute Gasteiger partial charge is 0.299 e.